The summed E-state index contributed by atoms with van der Waals surface area (Å²) in [5.74, 6) is 0. The molecule has 1 unspecified atom stereocenters. The van der Waals surface area contributed by atoms with Crippen LogP contribution >= 0.6 is 11.3 Å². The van der Waals surface area contributed by atoms with Crippen LogP contribution in [0, 0.1) is 0 Å². The Labute approximate surface area is 183 Å². The third-order valence-electron chi connectivity index (χ3n) is 6.48. The minimum atomic E-state index is 0.585. The maximum atomic E-state index is 3.72. The quantitative estimate of drug-likeness (QED) is 0.577. The number of hydrogen-bond acceptors (Lipinski definition) is 5. The third kappa shape index (κ3) is 3.68. The average molecular weight is 419 g/mol. The summed E-state index contributed by atoms with van der Waals surface area (Å²) in [6.07, 6.45) is 2.93. The molecule has 0 aliphatic carbocycles. The fourth-order valence-corrected chi connectivity index (χ4v) is 5.94. The molecule has 0 radical (unpaired) electrons. The maximum Gasteiger partial charge on any atom is 0.0460 e. The van der Waals surface area contributed by atoms with Crippen LogP contribution in [0.1, 0.15) is 11.1 Å². The first-order valence-electron chi connectivity index (χ1n) is 10.9. The molecule has 1 aromatic heterocycles. The molecule has 3 heterocycles. The zero-order valence-corrected chi connectivity index (χ0v) is 18.5. The molecule has 5 heteroatoms. The van der Waals surface area contributed by atoms with Gasteiger partial charge in [0.25, 0.3) is 0 Å². The van der Waals surface area contributed by atoms with Gasteiger partial charge < -0.3 is 15.1 Å². The maximum absolute atomic E-state index is 3.72. The highest BCUT2D eigenvalue weighted by atomic mass is 32.1. The Morgan fingerprint density at radius 1 is 1.23 bits per heavy atom. The van der Waals surface area contributed by atoms with E-state index in [1.165, 1.54) is 33.4 Å². The Hall–Kier alpha value is -2.50. The van der Waals surface area contributed by atoms with E-state index in [9.17, 15) is 0 Å². The van der Waals surface area contributed by atoms with Gasteiger partial charge in [-0.3, -0.25) is 4.90 Å². The van der Waals surface area contributed by atoms with E-state index in [1.807, 2.05) is 11.3 Å². The number of thiophene rings is 1. The number of rotatable bonds is 7. The van der Waals surface area contributed by atoms with Gasteiger partial charge in [0.05, 0.1) is 0 Å². The number of nitrogens with zero attached hydrogens (tertiary/aromatic N) is 3. The molecule has 1 fully saturated rings. The minimum absolute atomic E-state index is 0.585. The fourth-order valence-electron chi connectivity index (χ4n) is 4.95. The molecular weight excluding hydrogens is 388 g/mol. The normalized spacial score (nSPS) is 18.3. The highest BCUT2D eigenvalue weighted by molar-refractivity contribution is 7.17. The van der Waals surface area contributed by atoms with Crippen LogP contribution in [0.3, 0.4) is 0 Å². The van der Waals surface area contributed by atoms with Crippen LogP contribution < -0.4 is 15.1 Å². The van der Waals surface area contributed by atoms with Crippen LogP contribution in [-0.2, 0) is 13.0 Å². The first kappa shape index (κ1) is 19.5. The van der Waals surface area contributed by atoms with Crippen molar-refractivity contribution in [2.45, 2.75) is 19.0 Å². The highest BCUT2D eigenvalue weighted by Crippen LogP contribution is 2.41. The van der Waals surface area contributed by atoms with Crippen molar-refractivity contribution < 1.29 is 0 Å². The molecule has 0 bridgehead atoms. The summed E-state index contributed by atoms with van der Waals surface area (Å²) in [5, 5.41) is 7.07. The van der Waals surface area contributed by atoms with E-state index in [1.54, 1.807) is 11.8 Å². The van der Waals surface area contributed by atoms with Crippen molar-refractivity contribution in [3.63, 3.8) is 0 Å². The van der Waals surface area contributed by atoms with Gasteiger partial charge in [0.15, 0.2) is 0 Å². The van der Waals surface area contributed by atoms with Crippen LogP contribution in [0.2, 0.25) is 0 Å². The second kappa shape index (κ2) is 8.32. The molecule has 2 aliphatic rings. The number of fused-ring (bicyclic) bond motifs is 2. The number of nitrogens with one attached hydrogen (secondary N) is 1. The lowest BCUT2D eigenvalue weighted by Gasteiger charge is -2.45. The molecule has 2 aromatic carbocycles. The van der Waals surface area contributed by atoms with E-state index in [2.05, 4.69) is 81.5 Å². The Morgan fingerprint density at radius 3 is 3.03 bits per heavy atom. The Morgan fingerprint density at radius 2 is 2.13 bits per heavy atom. The Balaban J connectivity index is 1.26. The van der Waals surface area contributed by atoms with Crippen LogP contribution in [0.15, 0.2) is 60.6 Å². The molecule has 0 spiro atoms. The number of anilines is 2. The van der Waals surface area contributed by atoms with Gasteiger partial charge >= 0.3 is 0 Å². The molecule has 1 N–H and O–H groups in total. The summed E-state index contributed by atoms with van der Waals surface area (Å²) >= 11 is 1.90. The smallest absolute Gasteiger partial charge is 0.0460 e. The summed E-state index contributed by atoms with van der Waals surface area (Å²) in [5.41, 5.74) is 5.68. The molecule has 0 saturated carbocycles. The summed E-state index contributed by atoms with van der Waals surface area (Å²) < 4.78 is 1.44. The molecule has 1 saturated heterocycles. The van der Waals surface area contributed by atoms with E-state index >= 15 is 0 Å². The third-order valence-corrected chi connectivity index (χ3v) is 7.48. The molecule has 5 rings (SSSR count). The van der Waals surface area contributed by atoms with Crippen molar-refractivity contribution in [1.29, 1.82) is 0 Å². The van der Waals surface area contributed by atoms with Gasteiger partial charge in [-0.1, -0.05) is 24.8 Å². The topological polar surface area (TPSA) is 21.8 Å². The molecule has 30 heavy (non-hydrogen) atoms. The van der Waals surface area contributed by atoms with Crippen molar-refractivity contribution >= 4 is 32.8 Å². The van der Waals surface area contributed by atoms with Crippen molar-refractivity contribution in [2.75, 3.05) is 49.6 Å². The van der Waals surface area contributed by atoms with E-state index in [0.717, 1.165) is 39.3 Å². The molecule has 156 valence electrons. The summed E-state index contributed by atoms with van der Waals surface area (Å²) in [4.78, 5) is 7.60. The second-order valence-corrected chi connectivity index (χ2v) is 9.36. The summed E-state index contributed by atoms with van der Waals surface area (Å²) in [7, 11) is 2.16. The van der Waals surface area contributed by atoms with Crippen LogP contribution in [-0.4, -0.2) is 50.7 Å². The summed E-state index contributed by atoms with van der Waals surface area (Å²) in [6, 6.07) is 16.4. The van der Waals surface area contributed by atoms with Crippen LogP contribution in [0.25, 0.3) is 10.1 Å². The summed E-state index contributed by atoms with van der Waals surface area (Å²) in [6.45, 7) is 9.99. The average Bonchev–Trinajstić information content (AvgIpc) is 3.18. The van der Waals surface area contributed by atoms with Gasteiger partial charge in [-0.2, -0.15) is 0 Å². The molecule has 3 aromatic rings. The first-order chi connectivity index (χ1) is 14.7. The van der Waals surface area contributed by atoms with Crippen molar-refractivity contribution in [2.24, 2.45) is 0 Å². The van der Waals surface area contributed by atoms with Crippen molar-refractivity contribution in [3.05, 3.63) is 71.8 Å². The second-order valence-electron chi connectivity index (χ2n) is 8.45. The lowest BCUT2D eigenvalue weighted by molar-refractivity contribution is 0.213. The Kier molecular flexibility index (Phi) is 5.40. The fraction of sp³-hybridized carbons (Fsp3) is 0.360. The largest absolute Gasteiger partial charge is 0.390 e. The molecule has 1 atom stereocenters. The number of likely N-dealkylation sites (N-methyl/N-ethyl adjacent to an activating group) is 1. The SMILES string of the molecule is C=CNCCN(C)c1cccc(CN2CCN3c4cccc5scc(c45)CC3C2)c1. The molecular formula is C25H30N4S. The van der Waals surface area contributed by atoms with Gasteiger partial charge in [-0.05, 0) is 53.4 Å². The van der Waals surface area contributed by atoms with E-state index in [4.69, 9.17) is 0 Å². The van der Waals surface area contributed by atoms with Gasteiger partial charge in [0, 0.05) is 73.8 Å². The standard InChI is InChI=1S/C25H30N4S/c1-3-26-10-11-27(2)21-7-4-6-19(14-21)16-28-12-13-29-22(17-28)15-20-18-30-24-9-5-8-23(29)25(20)24/h3-9,14,18,22,26H,1,10-13,15-17H2,2H3. The van der Waals surface area contributed by atoms with Gasteiger partial charge in [-0.15, -0.1) is 11.3 Å². The minimum Gasteiger partial charge on any atom is -0.390 e. The van der Waals surface area contributed by atoms with Gasteiger partial charge in [0.1, 0.15) is 0 Å². The zero-order valence-electron chi connectivity index (χ0n) is 17.7. The molecule has 2 aliphatic heterocycles. The number of hydrogen-bond donors (Lipinski definition) is 1. The zero-order chi connectivity index (χ0) is 20.5. The molecule has 0 amide bonds. The first-order valence-corrected chi connectivity index (χ1v) is 11.7. The Bertz CT molecular complexity index is 1040. The monoisotopic (exact) mass is 418 g/mol. The van der Waals surface area contributed by atoms with Gasteiger partial charge in [-0.25, -0.2) is 0 Å². The van der Waals surface area contributed by atoms with E-state index in [-0.39, 0.29) is 0 Å². The number of piperazine rings is 1. The number of benzene rings is 2. The van der Waals surface area contributed by atoms with E-state index < -0.39 is 0 Å². The van der Waals surface area contributed by atoms with Crippen molar-refractivity contribution in [1.82, 2.24) is 10.2 Å². The predicted octanol–water partition coefficient (Wildman–Crippen LogP) is 4.32. The lowest BCUT2D eigenvalue weighted by Crippen LogP contribution is -2.54. The predicted molar refractivity (Wildman–Crippen MR) is 130 cm³/mol. The highest BCUT2D eigenvalue weighted by Gasteiger charge is 2.32. The van der Waals surface area contributed by atoms with Crippen molar-refractivity contribution in [3.8, 4) is 0 Å². The van der Waals surface area contributed by atoms with Gasteiger partial charge in [0.2, 0.25) is 0 Å². The van der Waals surface area contributed by atoms with Crippen LogP contribution in [0.4, 0.5) is 11.4 Å². The molecule has 4 nitrogen and oxygen atoms in total. The van der Waals surface area contributed by atoms with E-state index in [0.29, 0.717) is 6.04 Å². The lowest BCUT2D eigenvalue weighted by atomic mass is 9.94. The van der Waals surface area contributed by atoms with Crippen LogP contribution in [0.5, 0.6) is 0 Å².